The molecule has 1 saturated heterocycles. The standard InChI is InChI=1S/C11H18N2OS.ClH/c1-9-13-6-11(15-9)8-14-7-10-3-2-4-12-5-10;/h6,10,12H,2-5,7-8H2,1H3;1H/t10-;/m0./s1. The van der Waals surface area contributed by atoms with E-state index in [1.807, 2.05) is 13.1 Å². The minimum atomic E-state index is 0. The monoisotopic (exact) mass is 262 g/mol. The van der Waals surface area contributed by atoms with Gasteiger partial charge in [0, 0.05) is 12.7 Å². The zero-order chi connectivity index (χ0) is 10.5. The van der Waals surface area contributed by atoms with E-state index in [9.17, 15) is 0 Å². The van der Waals surface area contributed by atoms with Gasteiger partial charge in [-0.15, -0.1) is 23.7 Å². The predicted molar refractivity (Wildman–Crippen MR) is 69.3 cm³/mol. The van der Waals surface area contributed by atoms with E-state index in [0.717, 1.165) is 24.8 Å². The van der Waals surface area contributed by atoms with Crippen molar-refractivity contribution in [3.63, 3.8) is 0 Å². The molecule has 1 atom stereocenters. The van der Waals surface area contributed by atoms with Crippen molar-refractivity contribution in [3.05, 3.63) is 16.1 Å². The summed E-state index contributed by atoms with van der Waals surface area (Å²) in [5.74, 6) is 0.702. The average molecular weight is 263 g/mol. The lowest BCUT2D eigenvalue weighted by Gasteiger charge is -2.22. The van der Waals surface area contributed by atoms with E-state index in [1.165, 1.54) is 24.3 Å². The molecule has 0 aliphatic carbocycles. The van der Waals surface area contributed by atoms with Crippen molar-refractivity contribution in [2.45, 2.75) is 26.4 Å². The molecule has 1 fully saturated rings. The number of hydrogen-bond donors (Lipinski definition) is 1. The molecule has 92 valence electrons. The van der Waals surface area contributed by atoms with Crippen molar-refractivity contribution in [2.75, 3.05) is 19.7 Å². The highest BCUT2D eigenvalue weighted by molar-refractivity contribution is 7.11. The van der Waals surface area contributed by atoms with E-state index < -0.39 is 0 Å². The van der Waals surface area contributed by atoms with Gasteiger partial charge in [0.2, 0.25) is 0 Å². The van der Waals surface area contributed by atoms with Gasteiger partial charge < -0.3 is 10.1 Å². The second-order valence-electron chi connectivity index (χ2n) is 4.07. The van der Waals surface area contributed by atoms with E-state index in [-0.39, 0.29) is 12.4 Å². The Morgan fingerprint density at radius 3 is 3.12 bits per heavy atom. The van der Waals surface area contributed by atoms with Crippen LogP contribution in [-0.2, 0) is 11.3 Å². The summed E-state index contributed by atoms with van der Waals surface area (Å²) in [6.07, 6.45) is 4.50. The minimum Gasteiger partial charge on any atom is -0.376 e. The van der Waals surface area contributed by atoms with Gasteiger partial charge in [-0.25, -0.2) is 4.98 Å². The number of ether oxygens (including phenoxy) is 1. The van der Waals surface area contributed by atoms with Gasteiger partial charge in [0.1, 0.15) is 0 Å². The average Bonchev–Trinajstić information content (AvgIpc) is 2.66. The number of thiazole rings is 1. The Kier molecular flexibility index (Phi) is 6.28. The second-order valence-corrected chi connectivity index (χ2v) is 5.39. The summed E-state index contributed by atoms with van der Waals surface area (Å²) in [7, 11) is 0. The molecule has 2 heterocycles. The Labute approximate surface area is 107 Å². The number of aryl methyl sites for hydroxylation is 1. The molecule has 0 amide bonds. The summed E-state index contributed by atoms with van der Waals surface area (Å²) in [5, 5.41) is 4.52. The number of nitrogens with one attached hydrogen (secondary N) is 1. The van der Waals surface area contributed by atoms with E-state index in [2.05, 4.69) is 10.3 Å². The molecule has 0 saturated carbocycles. The topological polar surface area (TPSA) is 34.1 Å². The van der Waals surface area contributed by atoms with Gasteiger partial charge in [-0.3, -0.25) is 0 Å². The number of aromatic nitrogens is 1. The molecule has 2 rings (SSSR count). The van der Waals surface area contributed by atoms with Crippen LogP contribution in [0.5, 0.6) is 0 Å². The summed E-state index contributed by atoms with van der Waals surface area (Å²) in [6, 6.07) is 0. The zero-order valence-electron chi connectivity index (χ0n) is 9.57. The lowest BCUT2D eigenvalue weighted by atomic mass is 10.0. The van der Waals surface area contributed by atoms with Gasteiger partial charge in [0.15, 0.2) is 0 Å². The van der Waals surface area contributed by atoms with Crippen LogP contribution in [0.3, 0.4) is 0 Å². The maximum Gasteiger partial charge on any atom is 0.0897 e. The first-order valence-electron chi connectivity index (χ1n) is 5.54. The van der Waals surface area contributed by atoms with E-state index in [0.29, 0.717) is 5.92 Å². The van der Waals surface area contributed by atoms with Crippen LogP contribution in [-0.4, -0.2) is 24.7 Å². The van der Waals surface area contributed by atoms with Gasteiger partial charge in [-0.1, -0.05) is 0 Å². The van der Waals surface area contributed by atoms with Crippen molar-refractivity contribution in [3.8, 4) is 0 Å². The van der Waals surface area contributed by atoms with Gasteiger partial charge in [-0.2, -0.15) is 0 Å². The molecule has 1 aliphatic heterocycles. The van der Waals surface area contributed by atoms with Crippen molar-refractivity contribution < 1.29 is 4.74 Å². The van der Waals surface area contributed by atoms with Gasteiger partial charge in [0.05, 0.1) is 23.1 Å². The second kappa shape index (κ2) is 7.22. The Hall–Kier alpha value is -0.160. The largest absolute Gasteiger partial charge is 0.376 e. The molecule has 5 heteroatoms. The highest BCUT2D eigenvalue weighted by atomic mass is 35.5. The van der Waals surface area contributed by atoms with Crippen molar-refractivity contribution in [1.29, 1.82) is 0 Å². The lowest BCUT2D eigenvalue weighted by Crippen LogP contribution is -2.32. The van der Waals surface area contributed by atoms with Gasteiger partial charge in [-0.05, 0) is 32.2 Å². The maximum absolute atomic E-state index is 5.70. The van der Waals surface area contributed by atoms with Crippen molar-refractivity contribution in [2.24, 2.45) is 5.92 Å². The third kappa shape index (κ3) is 4.37. The summed E-state index contributed by atoms with van der Waals surface area (Å²) in [5.41, 5.74) is 0. The highest BCUT2D eigenvalue weighted by Crippen LogP contribution is 2.15. The van der Waals surface area contributed by atoms with Crippen LogP contribution in [0.25, 0.3) is 0 Å². The number of halogens is 1. The van der Waals surface area contributed by atoms with Crippen molar-refractivity contribution >= 4 is 23.7 Å². The quantitative estimate of drug-likeness (QED) is 0.905. The Bertz CT molecular complexity index is 300. The van der Waals surface area contributed by atoms with Crippen LogP contribution in [0.1, 0.15) is 22.7 Å². The summed E-state index contributed by atoms with van der Waals surface area (Å²) >= 11 is 1.72. The molecular weight excluding hydrogens is 244 g/mol. The normalized spacial score (nSPS) is 20.4. The van der Waals surface area contributed by atoms with Crippen LogP contribution >= 0.6 is 23.7 Å². The van der Waals surface area contributed by atoms with E-state index in [4.69, 9.17) is 4.74 Å². The van der Waals surface area contributed by atoms with Crippen LogP contribution in [0.4, 0.5) is 0 Å². The van der Waals surface area contributed by atoms with Crippen LogP contribution < -0.4 is 5.32 Å². The SMILES string of the molecule is Cc1ncc(COC[C@H]2CCCNC2)s1.Cl. The predicted octanol–water partition coefficient (Wildman–Crippen LogP) is 2.39. The van der Waals surface area contributed by atoms with Gasteiger partial charge in [0.25, 0.3) is 0 Å². The smallest absolute Gasteiger partial charge is 0.0897 e. The molecule has 16 heavy (non-hydrogen) atoms. The first kappa shape index (κ1) is 13.9. The summed E-state index contributed by atoms with van der Waals surface area (Å²) in [6.45, 7) is 5.91. The fourth-order valence-electron chi connectivity index (χ4n) is 1.86. The zero-order valence-corrected chi connectivity index (χ0v) is 11.2. The number of rotatable bonds is 4. The molecule has 1 aliphatic rings. The molecule has 0 unspecified atom stereocenters. The van der Waals surface area contributed by atoms with E-state index in [1.54, 1.807) is 11.3 Å². The fraction of sp³-hybridized carbons (Fsp3) is 0.727. The third-order valence-electron chi connectivity index (χ3n) is 2.67. The first-order valence-corrected chi connectivity index (χ1v) is 6.36. The van der Waals surface area contributed by atoms with E-state index >= 15 is 0 Å². The van der Waals surface area contributed by atoms with Gasteiger partial charge >= 0.3 is 0 Å². The number of piperidine rings is 1. The number of hydrogen-bond acceptors (Lipinski definition) is 4. The lowest BCUT2D eigenvalue weighted by molar-refractivity contribution is 0.0798. The Morgan fingerprint density at radius 2 is 2.50 bits per heavy atom. The third-order valence-corrected chi connectivity index (χ3v) is 3.55. The Morgan fingerprint density at radius 1 is 1.62 bits per heavy atom. The molecule has 0 bridgehead atoms. The van der Waals surface area contributed by atoms with Crippen LogP contribution in [0.2, 0.25) is 0 Å². The molecule has 0 spiro atoms. The fourth-order valence-corrected chi connectivity index (χ4v) is 2.60. The van der Waals surface area contributed by atoms with Crippen LogP contribution in [0, 0.1) is 12.8 Å². The summed E-state index contributed by atoms with van der Waals surface area (Å²) in [4.78, 5) is 5.44. The molecule has 1 aromatic rings. The highest BCUT2D eigenvalue weighted by Gasteiger charge is 2.12. The maximum atomic E-state index is 5.70. The Balaban J connectivity index is 0.00000128. The van der Waals surface area contributed by atoms with Crippen molar-refractivity contribution in [1.82, 2.24) is 10.3 Å². The summed E-state index contributed by atoms with van der Waals surface area (Å²) < 4.78 is 5.70. The first-order chi connectivity index (χ1) is 7.34. The minimum absolute atomic E-state index is 0. The molecule has 1 aromatic heterocycles. The molecule has 0 radical (unpaired) electrons. The number of nitrogens with zero attached hydrogens (tertiary/aromatic N) is 1. The molecule has 0 aromatic carbocycles. The molecule has 1 N–H and O–H groups in total. The van der Waals surface area contributed by atoms with Crippen LogP contribution in [0.15, 0.2) is 6.20 Å². The molecule has 3 nitrogen and oxygen atoms in total. The molecular formula is C11H19ClN2OS.